The van der Waals surface area contributed by atoms with Crippen molar-refractivity contribution < 1.29 is 193 Å². The summed E-state index contributed by atoms with van der Waals surface area (Å²) in [5, 5.41) is 32.4. The number of halogens is 3. The van der Waals surface area contributed by atoms with Crippen LogP contribution in [0.1, 0.15) is 144 Å². The number of ether oxygens (including phenoxy) is 9. The number of alkyl halides is 3. The van der Waals surface area contributed by atoms with E-state index in [1.54, 1.807) is 135 Å². The van der Waals surface area contributed by atoms with E-state index in [9.17, 15) is 90.9 Å². The van der Waals surface area contributed by atoms with Crippen molar-refractivity contribution in [1.82, 2.24) is 24.7 Å². The van der Waals surface area contributed by atoms with Crippen molar-refractivity contribution in [3.63, 3.8) is 0 Å². The van der Waals surface area contributed by atoms with Gasteiger partial charge >= 0.3 is 92.5 Å². The van der Waals surface area contributed by atoms with Gasteiger partial charge in [0.05, 0.1) is 146 Å². The number of primary amides is 1. The summed E-state index contributed by atoms with van der Waals surface area (Å²) in [5.74, 6) is 4.60. The van der Waals surface area contributed by atoms with Gasteiger partial charge in [0.25, 0.3) is 0 Å². The van der Waals surface area contributed by atoms with Crippen LogP contribution in [0.5, 0.6) is 11.5 Å². The van der Waals surface area contributed by atoms with E-state index in [1.165, 1.54) is 67.2 Å². The van der Waals surface area contributed by atoms with Gasteiger partial charge in [0.2, 0.25) is 26.4 Å². The number of carbonyl (C=O) groups is 5. The van der Waals surface area contributed by atoms with Crippen LogP contribution in [0.4, 0.5) is 32.3 Å². The Morgan fingerprint density at radius 1 is 0.531 bits per heavy atom. The molecule has 0 bridgehead atoms. The number of carbonyl (C=O) groups excluding carboxylic acids is 5. The number of hydrogen-bond donors (Lipinski definition) is 7. The summed E-state index contributed by atoms with van der Waals surface area (Å²) in [6.07, 6.45) is -5.01. The molecule has 4 fully saturated rings. The molecule has 4 aromatic rings. The van der Waals surface area contributed by atoms with Gasteiger partial charge in [-0.15, -0.1) is 0 Å². The van der Waals surface area contributed by atoms with E-state index in [0.29, 0.717) is 61.9 Å². The molecule has 2 unspecified atom stereocenters. The summed E-state index contributed by atoms with van der Waals surface area (Å²) in [5.41, 5.74) is 2.72. The molecule has 0 saturated carbocycles. The fourth-order valence-corrected chi connectivity index (χ4v) is 22.2. The fraction of sp³-hybridized carbons (Fsp3) is 0.647. The van der Waals surface area contributed by atoms with Crippen LogP contribution in [0.25, 0.3) is 0 Å². The number of oxime groups is 1. The second-order valence-corrected chi connectivity index (χ2v) is 46.0. The van der Waals surface area contributed by atoms with E-state index < -0.39 is 151 Å². The standard InChI is InChI=1S/C34H50N3O12PS.C29H38N2O9S.C10H22NO6P.C6H12F3O6PS.C5H14NO4P.CH2BNO2/c1-6-47-50(40,48-7-2)23-46-35-19-26-10-8-25(9-11-26)18-30(36-34(39)49-32-22-45-33-29(32)16-17-44-33)31(38)21-37(20-24(3)4)51(41,42)28-14-12-27(43-5)13-15-28;1-19(2)15-31(41(35,36)23-10-8-22(37-3)9-11-23)16-26(33)25(14-20-4-6-21(17-32)7-5-20)30-29(34)40-27-18-39-28-24(27)12-13-38-28;1-6-15-18(13,16-7-2)8-14-11-9(12)17-10(3,4)5;1-3-13-16(10,14-4-2)5-15-17(11,12)6(7,8)9;1-3-9-11(7,5-8-6)10-4-2;3-1(4)2-5/h8-15,19,24,29-33,38H,6-7,16-18,20-23H2,1-5H3,(H,36,39);4-11,17,19,24-28,33H,12-16,18H2,1-3H3,(H,30,34);6-8H2,1-5H3,(H,11,12);3-5H2,1-2H3;3-6H2,1-2H3;(H2,3,4)/b35-19+;;;;;/t29-,30-,31+,32?,33+;24-,25-,26+,27?,28+;;;;/m00..../s1. The molecule has 8 rings (SSSR count). The van der Waals surface area contributed by atoms with E-state index in [1.807, 2.05) is 33.2 Å². The first-order valence-electron chi connectivity index (χ1n) is 45.2. The van der Waals surface area contributed by atoms with Gasteiger partial charge in [0.1, 0.15) is 35.6 Å². The Kier molecular flexibility index (Phi) is 58.7. The van der Waals surface area contributed by atoms with Crippen molar-refractivity contribution in [1.29, 1.82) is 0 Å². The number of alkyl carbamates (subject to hydrolysis) is 2. The number of nitrogens with one attached hydrogen (secondary N) is 3. The van der Waals surface area contributed by atoms with Gasteiger partial charge < -0.3 is 105 Å². The molecule has 0 spiro atoms. The third kappa shape index (κ3) is 47.7. The van der Waals surface area contributed by atoms with Crippen LogP contribution < -0.4 is 37.2 Å². The number of aliphatic hydroxyl groups excluding tert-OH is 2. The Labute approximate surface area is 833 Å². The Hall–Kier alpha value is -7.48. The van der Waals surface area contributed by atoms with Gasteiger partial charge in [-0.1, -0.05) is 81.4 Å². The number of aliphatic hydroxyl groups is 2. The maximum atomic E-state index is 13.8. The third-order valence-corrected chi connectivity index (χ3v) is 31.1. The first-order valence-corrected chi connectivity index (χ1v) is 56.4. The molecule has 0 aliphatic carbocycles. The predicted molar refractivity (Wildman–Crippen MR) is 512 cm³/mol. The van der Waals surface area contributed by atoms with Gasteiger partial charge in [-0.2, -0.15) is 35.7 Å². The van der Waals surface area contributed by atoms with Crippen molar-refractivity contribution in [2.24, 2.45) is 40.5 Å². The van der Waals surface area contributed by atoms with Gasteiger partial charge in [-0.25, -0.2) is 37.1 Å². The molecule has 143 heavy (non-hydrogen) atoms. The van der Waals surface area contributed by atoms with E-state index >= 15 is 0 Å². The van der Waals surface area contributed by atoms with Crippen molar-refractivity contribution in [3.8, 4) is 11.5 Å². The molecule has 4 saturated heterocycles. The molecular formula is C85H138BF3N8O39P4S3. The minimum absolute atomic E-state index is 0.0357. The average Bonchev–Trinajstić information content (AvgIpc) is 1.23. The number of benzene rings is 4. The first-order chi connectivity index (χ1) is 67.2. The molecule has 0 aromatic heterocycles. The number of fused-ring (bicyclic) bond motifs is 2. The quantitative estimate of drug-likeness (QED) is 0.00315. The SMILES string of the molecule is CCOP(=O)(CO/N=C/c1ccc(C[C@H](NC(=O)OC2CO[C@H]3OCC[C@@H]23)[C@H](O)CN(CC(C)C)S(=O)(=O)c2ccc(OC)cc2)cc1)OCC.CCOP(=O)(CON)OCC.CCOP(=O)(CONC(=O)OC(C)(C)C)OCC.CCOP(=O)(COS(=O)(=O)C(F)(F)F)OCC.COc1ccc(S(=O)(=O)N(CC(C)C)C[C@@H](O)[C@H](Cc2ccc(C=O)cc2)NC(=O)OC2CO[C@H]3OCC[C@@H]23)cc1.NC(=O)B=O. The Balaban J connectivity index is 0.000000502. The molecule has 814 valence electrons. The zero-order valence-corrected chi connectivity index (χ0v) is 89.0. The number of hydrogen-bond acceptors (Lipinski definition) is 41. The van der Waals surface area contributed by atoms with Crippen molar-refractivity contribution >= 4 is 104 Å². The summed E-state index contributed by atoms with van der Waals surface area (Å²) in [7, 11) is -24.6. The van der Waals surface area contributed by atoms with Crippen LogP contribution in [0, 0.1) is 23.7 Å². The van der Waals surface area contributed by atoms with Crippen LogP contribution in [0.2, 0.25) is 0 Å². The second-order valence-electron chi connectivity index (χ2n) is 32.5. The number of amides is 4. The Morgan fingerprint density at radius 3 is 1.20 bits per heavy atom. The summed E-state index contributed by atoms with van der Waals surface area (Å²) in [4.78, 5) is 72.0. The normalized spacial score (nSPS) is 17.9. The zero-order valence-electron chi connectivity index (χ0n) is 83.0. The van der Waals surface area contributed by atoms with Crippen LogP contribution in [-0.4, -0.2) is 293 Å². The number of aldehydes is 1. The minimum atomic E-state index is -5.80. The molecule has 4 amide bonds. The molecule has 58 heteroatoms. The Bertz CT molecular complexity index is 5010. The molecule has 9 N–H and O–H groups in total. The van der Waals surface area contributed by atoms with Gasteiger partial charge in [0.15, 0.2) is 31.6 Å². The van der Waals surface area contributed by atoms with Gasteiger partial charge in [-0.3, -0.25) is 36.9 Å². The van der Waals surface area contributed by atoms with Crippen LogP contribution >= 0.6 is 30.4 Å². The van der Waals surface area contributed by atoms with E-state index in [-0.39, 0.29) is 152 Å². The van der Waals surface area contributed by atoms with E-state index in [2.05, 4.69) is 39.6 Å². The van der Waals surface area contributed by atoms with E-state index in [0.717, 1.165) is 17.4 Å². The number of nitrogens with two attached hydrogens (primary N) is 2. The molecule has 10 atom stereocenters. The molecule has 4 heterocycles. The second kappa shape index (κ2) is 64.7. The Morgan fingerprint density at radius 2 is 0.881 bits per heavy atom. The molecule has 4 aliphatic rings. The van der Waals surface area contributed by atoms with Crippen molar-refractivity contribution in [3.05, 3.63) is 119 Å². The number of methoxy groups -OCH3 is 2. The summed E-state index contributed by atoms with van der Waals surface area (Å²) < 4.78 is 262. The number of nitrogens with zero attached hydrogens (tertiary/aromatic N) is 3. The van der Waals surface area contributed by atoms with Crippen LogP contribution in [0.15, 0.2) is 112 Å². The number of rotatable bonds is 54. The predicted octanol–water partition coefficient (Wildman–Crippen LogP) is 11.9. The monoisotopic (exact) mass is 2180 g/mol. The molecule has 47 nitrogen and oxygen atoms in total. The molecule has 4 aromatic carbocycles. The van der Waals surface area contributed by atoms with Gasteiger partial charge in [0, 0.05) is 31.7 Å². The summed E-state index contributed by atoms with van der Waals surface area (Å²) >= 11 is 0. The maximum absolute atomic E-state index is 13.8. The zero-order chi connectivity index (χ0) is 108. The average molecular weight is 2180 g/mol. The third-order valence-electron chi connectivity index (χ3n) is 19.2. The van der Waals surface area contributed by atoms with E-state index in [4.69, 9.17) is 90.1 Å². The number of sulfonamides is 2. The molecule has 0 radical (unpaired) electrons. The van der Waals surface area contributed by atoms with Crippen molar-refractivity contribution in [2.75, 3.05) is 145 Å². The molecular weight excluding hydrogens is 2040 g/mol. The topological polar surface area (TPSA) is 614 Å². The fourth-order valence-electron chi connectivity index (χ4n) is 13.1. The first kappa shape index (κ1) is 130. The summed E-state index contributed by atoms with van der Waals surface area (Å²) in [6.45, 7) is 28.2. The number of hydroxylamine groups is 1. The van der Waals surface area contributed by atoms with Crippen molar-refractivity contribution in [2.45, 2.75) is 200 Å². The molecule has 4 aliphatic heterocycles. The summed E-state index contributed by atoms with van der Waals surface area (Å²) in [6, 6.07) is 24.0. The van der Waals surface area contributed by atoms with Crippen LogP contribution in [0.3, 0.4) is 0 Å². The van der Waals surface area contributed by atoms with Crippen LogP contribution in [-0.2, 0) is 154 Å². The van der Waals surface area contributed by atoms with Gasteiger partial charge in [-0.05, 0) is 179 Å².